The Bertz CT molecular complexity index is 750. The second kappa shape index (κ2) is 9.04. The zero-order chi connectivity index (χ0) is 19.2. The molecule has 3 rings (SSSR count). The highest BCUT2D eigenvalue weighted by atomic mass is 16.5. The molecule has 0 unspecified atom stereocenters. The van der Waals surface area contributed by atoms with Gasteiger partial charge in [-0.25, -0.2) is 0 Å². The Morgan fingerprint density at radius 3 is 2.59 bits per heavy atom. The van der Waals surface area contributed by atoms with Gasteiger partial charge in [0.1, 0.15) is 6.04 Å². The van der Waals surface area contributed by atoms with Crippen LogP contribution in [0.25, 0.3) is 0 Å². The minimum absolute atomic E-state index is 0.0257. The summed E-state index contributed by atoms with van der Waals surface area (Å²) in [6.45, 7) is 3.11. The second-order valence-electron chi connectivity index (χ2n) is 7.16. The topological polar surface area (TPSA) is 73.6 Å². The summed E-state index contributed by atoms with van der Waals surface area (Å²) in [6, 6.07) is 9.22. The van der Waals surface area contributed by atoms with Crippen LogP contribution in [0.2, 0.25) is 0 Å². The van der Waals surface area contributed by atoms with E-state index in [0.717, 1.165) is 24.0 Å². The third-order valence-electron chi connectivity index (χ3n) is 5.46. The minimum Gasteiger partial charge on any atom is -0.394 e. The Morgan fingerprint density at radius 1 is 1.30 bits per heavy atom. The monoisotopic (exact) mass is 366 g/mol. The minimum atomic E-state index is -0.533. The Kier molecular flexibility index (Phi) is 6.50. The first kappa shape index (κ1) is 19.4. The van der Waals surface area contributed by atoms with Gasteiger partial charge in [-0.15, -0.1) is 0 Å². The number of hydrogen-bond donors (Lipinski definition) is 1. The average molecular weight is 366 g/mol. The van der Waals surface area contributed by atoms with E-state index in [9.17, 15) is 15.2 Å². The van der Waals surface area contributed by atoms with Crippen molar-refractivity contribution in [2.45, 2.75) is 50.6 Å². The third-order valence-corrected chi connectivity index (χ3v) is 5.46. The molecule has 2 heterocycles. The van der Waals surface area contributed by atoms with Crippen LogP contribution in [0.4, 0.5) is 0 Å². The van der Waals surface area contributed by atoms with Crippen molar-refractivity contribution in [1.82, 2.24) is 4.90 Å². The van der Waals surface area contributed by atoms with Crippen LogP contribution in [-0.2, 0) is 9.53 Å². The van der Waals surface area contributed by atoms with Gasteiger partial charge in [-0.2, -0.15) is 5.26 Å². The number of nitriles is 1. The van der Waals surface area contributed by atoms with Crippen LogP contribution in [0.1, 0.15) is 49.7 Å². The number of carbonyl (C=O) groups is 1. The number of hydrogen-bond acceptors (Lipinski definition) is 4. The molecule has 0 bridgehead atoms. The second-order valence-corrected chi connectivity index (χ2v) is 7.16. The highest BCUT2D eigenvalue weighted by Crippen LogP contribution is 2.42. The zero-order valence-electron chi connectivity index (χ0n) is 15.7. The number of aliphatic hydroxyl groups excluding tert-OH is 1. The molecule has 2 aliphatic rings. The summed E-state index contributed by atoms with van der Waals surface area (Å²) in [5, 5.41) is 19.6. The molecule has 1 amide bonds. The van der Waals surface area contributed by atoms with E-state index in [-0.39, 0.29) is 30.4 Å². The summed E-state index contributed by atoms with van der Waals surface area (Å²) in [5.74, 6) is 5.95. The molecule has 1 aromatic carbocycles. The molecule has 2 aliphatic heterocycles. The highest BCUT2D eigenvalue weighted by Gasteiger charge is 2.52. The Hall–Kier alpha value is -2.34. The number of likely N-dealkylation sites (tertiary alicyclic amines) is 1. The van der Waals surface area contributed by atoms with Crippen molar-refractivity contribution in [3.05, 3.63) is 35.4 Å². The van der Waals surface area contributed by atoms with Crippen LogP contribution in [0.15, 0.2) is 24.3 Å². The largest absolute Gasteiger partial charge is 0.394 e. The van der Waals surface area contributed by atoms with Crippen LogP contribution in [0.3, 0.4) is 0 Å². The number of rotatable bonds is 4. The van der Waals surface area contributed by atoms with E-state index >= 15 is 0 Å². The van der Waals surface area contributed by atoms with E-state index in [0.29, 0.717) is 26.1 Å². The first-order valence-corrected chi connectivity index (χ1v) is 9.70. The normalized spacial score (nSPS) is 25.1. The fourth-order valence-corrected chi connectivity index (χ4v) is 3.94. The van der Waals surface area contributed by atoms with Gasteiger partial charge in [0.15, 0.2) is 0 Å². The Balaban J connectivity index is 1.75. The van der Waals surface area contributed by atoms with E-state index < -0.39 is 6.04 Å². The maximum atomic E-state index is 12.9. The SMILES string of the molecule is CCCC#Cc1ccc([C@H]2[C@@H](C#N)N(C(=O)C3CCOCC3)[C@H]2CO)cc1. The molecule has 2 fully saturated rings. The molecular formula is C22H26N2O3. The summed E-state index contributed by atoms with van der Waals surface area (Å²) in [7, 11) is 0. The molecule has 0 saturated carbocycles. The molecule has 0 spiro atoms. The number of ether oxygens (including phenoxy) is 1. The summed E-state index contributed by atoms with van der Waals surface area (Å²) < 4.78 is 5.33. The van der Waals surface area contributed by atoms with Crippen molar-refractivity contribution in [3.63, 3.8) is 0 Å². The van der Waals surface area contributed by atoms with Crippen molar-refractivity contribution < 1.29 is 14.6 Å². The number of benzene rings is 1. The zero-order valence-corrected chi connectivity index (χ0v) is 15.7. The first-order chi connectivity index (χ1) is 13.2. The lowest BCUT2D eigenvalue weighted by molar-refractivity contribution is -0.154. The molecule has 0 aromatic heterocycles. The van der Waals surface area contributed by atoms with E-state index in [4.69, 9.17) is 4.74 Å². The predicted octanol–water partition coefficient (Wildman–Crippen LogP) is 2.44. The lowest BCUT2D eigenvalue weighted by atomic mass is 9.74. The van der Waals surface area contributed by atoms with Crippen molar-refractivity contribution in [1.29, 1.82) is 5.26 Å². The van der Waals surface area contributed by atoms with Crippen LogP contribution in [0.5, 0.6) is 0 Å². The number of unbranched alkanes of at least 4 members (excludes halogenated alkanes) is 1. The van der Waals surface area contributed by atoms with E-state index in [1.807, 2.05) is 24.3 Å². The Labute approximate surface area is 160 Å². The number of nitrogens with zero attached hydrogens (tertiary/aromatic N) is 2. The molecule has 0 aliphatic carbocycles. The number of amides is 1. The van der Waals surface area contributed by atoms with Gasteiger partial charge >= 0.3 is 0 Å². The van der Waals surface area contributed by atoms with Crippen molar-refractivity contribution >= 4 is 5.91 Å². The smallest absolute Gasteiger partial charge is 0.227 e. The van der Waals surface area contributed by atoms with E-state index in [2.05, 4.69) is 24.8 Å². The number of carbonyl (C=O) groups excluding carboxylic acids is 1. The lowest BCUT2D eigenvalue weighted by Gasteiger charge is -2.52. The maximum absolute atomic E-state index is 12.9. The van der Waals surface area contributed by atoms with Gasteiger partial charge < -0.3 is 14.7 Å². The van der Waals surface area contributed by atoms with Crippen molar-refractivity contribution in [2.75, 3.05) is 19.8 Å². The molecule has 142 valence electrons. The predicted molar refractivity (Wildman–Crippen MR) is 102 cm³/mol. The van der Waals surface area contributed by atoms with Gasteiger partial charge in [0.25, 0.3) is 0 Å². The summed E-state index contributed by atoms with van der Waals surface area (Å²) in [4.78, 5) is 14.5. The quantitative estimate of drug-likeness (QED) is 0.831. The molecule has 1 N–H and O–H groups in total. The molecular weight excluding hydrogens is 340 g/mol. The van der Waals surface area contributed by atoms with Crippen molar-refractivity contribution in [2.24, 2.45) is 5.92 Å². The van der Waals surface area contributed by atoms with Crippen LogP contribution in [-0.4, -0.2) is 47.8 Å². The molecule has 5 heteroatoms. The molecule has 5 nitrogen and oxygen atoms in total. The lowest BCUT2D eigenvalue weighted by Crippen LogP contribution is -2.66. The standard InChI is InChI=1S/C22H26N2O3/c1-2-3-4-5-16-6-8-17(9-7-16)21-19(14-23)24(20(21)15-25)22(26)18-10-12-27-13-11-18/h6-9,18-21,25H,2-3,10-13,15H2,1H3/t19-,20+,21+/m1/s1. The third kappa shape index (κ3) is 4.00. The van der Waals surface area contributed by atoms with Gasteiger partial charge in [-0.05, 0) is 37.0 Å². The summed E-state index contributed by atoms with van der Waals surface area (Å²) >= 11 is 0. The summed E-state index contributed by atoms with van der Waals surface area (Å²) in [5.41, 5.74) is 1.91. The van der Waals surface area contributed by atoms with Gasteiger partial charge in [0.2, 0.25) is 5.91 Å². The molecule has 27 heavy (non-hydrogen) atoms. The maximum Gasteiger partial charge on any atom is 0.227 e. The van der Waals surface area contributed by atoms with Crippen LogP contribution in [0, 0.1) is 29.1 Å². The average Bonchev–Trinajstić information content (AvgIpc) is 2.70. The highest BCUT2D eigenvalue weighted by molar-refractivity contribution is 5.81. The van der Waals surface area contributed by atoms with Gasteiger partial charge in [0, 0.05) is 37.0 Å². The van der Waals surface area contributed by atoms with E-state index in [1.165, 1.54) is 0 Å². The number of aliphatic hydroxyl groups is 1. The van der Waals surface area contributed by atoms with Gasteiger partial charge in [-0.3, -0.25) is 4.79 Å². The Morgan fingerprint density at radius 2 is 2.00 bits per heavy atom. The van der Waals surface area contributed by atoms with Crippen LogP contribution >= 0.6 is 0 Å². The molecule has 0 radical (unpaired) electrons. The molecule has 2 saturated heterocycles. The van der Waals surface area contributed by atoms with Crippen LogP contribution < -0.4 is 0 Å². The van der Waals surface area contributed by atoms with Crippen molar-refractivity contribution in [3.8, 4) is 17.9 Å². The molecule has 1 aromatic rings. The fourth-order valence-electron chi connectivity index (χ4n) is 3.94. The fraction of sp³-hybridized carbons (Fsp3) is 0.545. The first-order valence-electron chi connectivity index (χ1n) is 9.70. The van der Waals surface area contributed by atoms with Gasteiger partial charge in [0.05, 0.1) is 18.7 Å². The molecule has 3 atom stereocenters. The van der Waals surface area contributed by atoms with Gasteiger partial charge in [-0.1, -0.05) is 30.9 Å². The van der Waals surface area contributed by atoms with E-state index in [1.54, 1.807) is 4.90 Å². The summed E-state index contributed by atoms with van der Waals surface area (Å²) in [6.07, 6.45) is 3.27.